The molecule has 1 heterocycles. The molecule has 1 fully saturated rings. The highest BCUT2D eigenvalue weighted by atomic mass is 16.5. The van der Waals surface area contributed by atoms with E-state index >= 15 is 0 Å². The number of nitrogens with zero attached hydrogens (tertiary/aromatic N) is 4. The highest BCUT2D eigenvalue weighted by Crippen LogP contribution is 2.26. The molecular formula is C26H37N7O2. The lowest BCUT2D eigenvalue weighted by molar-refractivity contribution is 0.0547. The van der Waals surface area contributed by atoms with Crippen LogP contribution in [0, 0.1) is 0 Å². The molecular weight excluding hydrogens is 442 g/mol. The zero-order valence-corrected chi connectivity index (χ0v) is 20.6. The van der Waals surface area contributed by atoms with Crippen molar-refractivity contribution in [3.63, 3.8) is 0 Å². The Kier molecular flexibility index (Phi) is 9.45. The van der Waals surface area contributed by atoms with E-state index in [0.717, 1.165) is 11.1 Å². The van der Waals surface area contributed by atoms with Gasteiger partial charge in [-0.3, -0.25) is 0 Å². The smallest absolute Gasteiger partial charge is 0.233 e. The van der Waals surface area contributed by atoms with Crippen molar-refractivity contribution in [1.82, 2.24) is 15.0 Å². The van der Waals surface area contributed by atoms with Gasteiger partial charge in [0.1, 0.15) is 0 Å². The first-order chi connectivity index (χ1) is 17.2. The van der Waals surface area contributed by atoms with Gasteiger partial charge in [0.2, 0.25) is 17.8 Å². The Morgan fingerprint density at radius 2 is 1.63 bits per heavy atom. The zero-order valence-electron chi connectivity index (χ0n) is 20.6. The van der Waals surface area contributed by atoms with Crippen molar-refractivity contribution in [2.45, 2.75) is 38.1 Å². The fourth-order valence-electron chi connectivity index (χ4n) is 4.33. The Morgan fingerprint density at radius 1 is 0.886 bits per heavy atom. The second-order valence-electron chi connectivity index (χ2n) is 8.81. The van der Waals surface area contributed by atoms with E-state index in [1.54, 1.807) is 0 Å². The number of hydrogen-bond donors (Lipinski definition) is 3. The molecule has 0 amide bonds. The van der Waals surface area contributed by atoms with Crippen LogP contribution in [0.1, 0.15) is 32.1 Å². The summed E-state index contributed by atoms with van der Waals surface area (Å²) in [6, 6.07) is 15.0. The van der Waals surface area contributed by atoms with E-state index in [4.69, 9.17) is 25.2 Å². The molecule has 4 N–H and O–H groups in total. The molecule has 0 spiro atoms. The first-order valence-electron chi connectivity index (χ1n) is 12.6. The predicted octanol–water partition coefficient (Wildman–Crippen LogP) is 3.94. The van der Waals surface area contributed by atoms with E-state index in [1.165, 1.54) is 37.5 Å². The number of rotatable bonds is 13. The van der Waals surface area contributed by atoms with Crippen LogP contribution in [-0.4, -0.2) is 67.6 Å². The Labute approximate surface area is 207 Å². The summed E-state index contributed by atoms with van der Waals surface area (Å²) in [4.78, 5) is 16.3. The van der Waals surface area contributed by atoms with Crippen LogP contribution in [0.25, 0.3) is 10.8 Å². The van der Waals surface area contributed by atoms with E-state index in [2.05, 4.69) is 51.8 Å². The molecule has 2 aromatic carbocycles. The van der Waals surface area contributed by atoms with Crippen molar-refractivity contribution in [3.8, 4) is 0 Å². The SMILES string of the molecule is CN(c1nc(NCCOCCOCCN)nc(Nc2ccc3ccccc3c2)n1)C1CCCCC1. The van der Waals surface area contributed by atoms with Crippen molar-refractivity contribution in [3.05, 3.63) is 42.5 Å². The van der Waals surface area contributed by atoms with E-state index in [-0.39, 0.29) is 0 Å². The first kappa shape index (κ1) is 25.1. The maximum atomic E-state index is 5.62. The zero-order chi connectivity index (χ0) is 24.3. The summed E-state index contributed by atoms with van der Waals surface area (Å²) in [6.07, 6.45) is 6.14. The topological polar surface area (TPSA) is 110 Å². The predicted molar refractivity (Wildman–Crippen MR) is 142 cm³/mol. The average Bonchev–Trinajstić information content (AvgIpc) is 2.90. The number of benzene rings is 2. The number of anilines is 4. The first-order valence-corrected chi connectivity index (χ1v) is 12.6. The van der Waals surface area contributed by atoms with Crippen LogP contribution < -0.4 is 21.3 Å². The van der Waals surface area contributed by atoms with Crippen molar-refractivity contribution in [1.29, 1.82) is 0 Å². The fraction of sp³-hybridized carbons (Fsp3) is 0.500. The fourth-order valence-corrected chi connectivity index (χ4v) is 4.33. The van der Waals surface area contributed by atoms with Crippen molar-refractivity contribution in [2.24, 2.45) is 5.73 Å². The Morgan fingerprint density at radius 3 is 2.43 bits per heavy atom. The molecule has 0 radical (unpaired) electrons. The third-order valence-corrected chi connectivity index (χ3v) is 6.23. The van der Waals surface area contributed by atoms with E-state index < -0.39 is 0 Å². The second-order valence-corrected chi connectivity index (χ2v) is 8.81. The van der Waals surface area contributed by atoms with Gasteiger partial charge in [0.15, 0.2) is 0 Å². The Hall–Kier alpha value is -3.01. The molecule has 1 aliphatic carbocycles. The van der Waals surface area contributed by atoms with Crippen molar-refractivity contribution in [2.75, 3.05) is 62.1 Å². The van der Waals surface area contributed by atoms with Gasteiger partial charge in [-0.15, -0.1) is 0 Å². The van der Waals surface area contributed by atoms with Gasteiger partial charge < -0.3 is 30.7 Å². The molecule has 1 saturated carbocycles. The minimum atomic E-state index is 0.448. The monoisotopic (exact) mass is 479 g/mol. The molecule has 1 aromatic heterocycles. The molecule has 0 bridgehead atoms. The summed E-state index contributed by atoms with van der Waals surface area (Å²) < 4.78 is 10.9. The molecule has 9 heteroatoms. The van der Waals surface area contributed by atoms with Crippen LogP contribution in [0.5, 0.6) is 0 Å². The van der Waals surface area contributed by atoms with Crippen LogP contribution >= 0.6 is 0 Å². The average molecular weight is 480 g/mol. The van der Waals surface area contributed by atoms with Gasteiger partial charge in [0.25, 0.3) is 0 Å². The van der Waals surface area contributed by atoms with Crippen LogP contribution in [0.15, 0.2) is 42.5 Å². The minimum absolute atomic E-state index is 0.448. The van der Waals surface area contributed by atoms with Gasteiger partial charge in [-0.25, -0.2) is 0 Å². The van der Waals surface area contributed by atoms with Crippen molar-refractivity contribution >= 4 is 34.3 Å². The third kappa shape index (κ3) is 7.48. The molecule has 1 aliphatic rings. The molecule has 0 saturated heterocycles. The van der Waals surface area contributed by atoms with Crippen LogP contribution in [0.4, 0.5) is 23.5 Å². The normalized spacial score (nSPS) is 14.2. The molecule has 9 nitrogen and oxygen atoms in total. The van der Waals surface area contributed by atoms with Crippen LogP contribution in [0.3, 0.4) is 0 Å². The quantitative estimate of drug-likeness (QED) is 0.314. The Balaban J connectivity index is 1.44. The third-order valence-electron chi connectivity index (χ3n) is 6.23. The maximum Gasteiger partial charge on any atom is 0.233 e. The standard InChI is InChI=1S/C26H37N7O2/c1-33(23-9-3-2-4-10-23)26-31-24(28-14-16-35-18-17-34-15-13-27)30-25(32-26)29-22-12-11-20-7-5-6-8-21(20)19-22/h5-8,11-12,19,23H,2-4,9-10,13-18,27H2,1H3,(H2,28,29,30,31,32). The largest absolute Gasteiger partial charge is 0.378 e. The number of aromatic nitrogens is 3. The summed E-state index contributed by atoms with van der Waals surface area (Å²) in [5.41, 5.74) is 6.36. The van der Waals surface area contributed by atoms with Gasteiger partial charge in [-0.05, 0) is 35.7 Å². The van der Waals surface area contributed by atoms with E-state index in [0.29, 0.717) is 63.4 Å². The van der Waals surface area contributed by atoms with E-state index in [1.807, 2.05) is 18.2 Å². The van der Waals surface area contributed by atoms with Gasteiger partial charge in [-0.2, -0.15) is 15.0 Å². The van der Waals surface area contributed by atoms with Crippen LogP contribution in [0.2, 0.25) is 0 Å². The number of ether oxygens (including phenoxy) is 2. The molecule has 4 rings (SSSR count). The highest BCUT2D eigenvalue weighted by Gasteiger charge is 2.21. The lowest BCUT2D eigenvalue weighted by Gasteiger charge is -2.31. The minimum Gasteiger partial charge on any atom is -0.378 e. The summed E-state index contributed by atoms with van der Waals surface area (Å²) >= 11 is 0. The summed E-state index contributed by atoms with van der Waals surface area (Å²) in [7, 11) is 2.08. The number of fused-ring (bicyclic) bond motifs is 1. The Bertz CT molecular complexity index is 1060. The van der Waals surface area contributed by atoms with E-state index in [9.17, 15) is 0 Å². The molecule has 0 atom stereocenters. The summed E-state index contributed by atoms with van der Waals surface area (Å²) in [6.45, 7) is 3.26. The molecule has 3 aromatic rings. The molecule has 0 unspecified atom stereocenters. The van der Waals surface area contributed by atoms with Gasteiger partial charge in [0.05, 0.1) is 26.4 Å². The van der Waals surface area contributed by atoms with Gasteiger partial charge >= 0.3 is 0 Å². The maximum absolute atomic E-state index is 5.62. The molecule has 0 aliphatic heterocycles. The molecule has 188 valence electrons. The van der Waals surface area contributed by atoms with Gasteiger partial charge in [0, 0.05) is 31.9 Å². The lowest BCUT2D eigenvalue weighted by Crippen LogP contribution is -2.35. The molecule has 35 heavy (non-hydrogen) atoms. The highest BCUT2D eigenvalue weighted by molar-refractivity contribution is 5.86. The summed E-state index contributed by atoms with van der Waals surface area (Å²) in [5.74, 6) is 1.73. The van der Waals surface area contributed by atoms with Crippen molar-refractivity contribution < 1.29 is 9.47 Å². The lowest BCUT2D eigenvalue weighted by atomic mass is 9.95. The van der Waals surface area contributed by atoms with Gasteiger partial charge in [-0.1, -0.05) is 49.6 Å². The summed E-state index contributed by atoms with van der Waals surface area (Å²) in [5, 5.41) is 9.02. The van der Waals surface area contributed by atoms with Crippen LogP contribution in [-0.2, 0) is 9.47 Å². The second kappa shape index (κ2) is 13.2. The number of nitrogens with two attached hydrogens (primary N) is 1. The number of hydrogen-bond acceptors (Lipinski definition) is 9. The number of nitrogens with one attached hydrogen (secondary N) is 2.